The van der Waals surface area contributed by atoms with Crippen LogP contribution in [0, 0.1) is 0 Å². The lowest BCUT2D eigenvalue weighted by Crippen LogP contribution is -2.18. The largest absolute Gasteiger partial charge is 0.267 e. The zero-order chi connectivity index (χ0) is 27.6. The normalized spacial score (nSPS) is 14.6. The van der Waals surface area contributed by atoms with Crippen LogP contribution in [0.5, 0.6) is 0 Å². The molecule has 0 aromatic heterocycles. The van der Waals surface area contributed by atoms with Crippen LogP contribution in [0.4, 0.5) is 0 Å². The van der Waals surface area contributed by atoms with E-state index in [0.717, 1.165) is 51.4 Å². The van der Waals surface area contributed by atoms with Gasteiger partial charge >= 0.3 is 0 Å². The van der Waals surface area contributed by atoms with Crippen LogP contribution in [0.1, 0.15) is 120 Å². The summed E-state index contributed by atoms with van der Waals surface area (Å²) in [5, 5.41) is 0. The Bertz CT molecular complexity index is 916. The molecule has 4 heteroatoms. The van der Waals surface area contributed by atoms with Gasteiger partial charge in [-0.15, -0.1) is 0 Å². The molecule has 0 rings (SSSR count). The Balaban J connectivity index is 4.98. The van der Waals surface area contributed by atoms with Gasteiger partial charge in [-0.3, -0.25) is 4.18 Å². The quantitative estimate of drug-likeness (QED) is 0.134. The van der Waals surface area contributed by atoms with Gasteiger partial charge in [0.25, 0.3) is 10.1 Å². The average molecular weight is 519 g/mol. The highest BCUT2D eigenvalue weighted by Gasteiger charge is 2.15. The van der Waals surface area contributed by atoms with Crippen molar-refractivity contribution in [3.05, 3.63) is 69.9 Å². The van der Waals surface area contributed by atoms with E-state index in [0.29, 0.717) is 6.42 Å². The summed E-state index contributed by atoms with van der Waals surface area (Å²) in [7, 11) is -3.51. The van der Waals surface area contributed by atoms with E-state index in [2.05, 4.69) is 85.8 Å². The molecule has 36 heavy (non-hydrogen) atoms. The molecule has 0 bridgehead atoms. The molecule has 3 nitrogen and oxygen atoms in total. The molecule has 0 aliphatic rings. The standard InChI is InChI=1S/C32H54O3S/c1-10-36(33,34)35-32(25-31(9)22-14-20-29(7)18-12-16-27(4)5)24-23-30(8)21-13-19-28(6)17-11-15-26(2)3/h15-16,19-20,23,25,32H,10-14,17-18,21-22,24H2,1-9H3. The average Bonchev–Trinajstić information content (AvgIpc) is 2.76. The minimum absolute atomic E-state index is 0.0104. The maximum Gasteiger partial charge on any atom is 0.267 e. The summed E-state index contributed by atoms with van der Waals surface area (Å²) >= 11 is 0. The van der Waals surface area contributed by atoms with Crippen molar-refractivity contribution in [1.29, 1.82) is 0 Å². The van der Waals surface area contributed by atoms with Gasteiger partial charge in [-0.25, -0.2) is 0 Å². The molecular weight excluding hydrogens is 464 g/mol. The summed E-state index contributed by atoms with van der Waals surface area (Å²) in [4.78, 5) is 0. The van der Waals surface area contributed by atoms with Gasteiger partial charge in [0.1, 0.15) is 0 Å². The van der Waals surface area contributed by atoms with Crippen molar-refractivity contribution in [3.8, 4) is 0 Å². The number of allylic oxidation sites excluding steroid dienone is 10. The van der Waals surface area contributed by atoms with Gasteiger partial charge in [0.05, 0.1) is 11.9 Å². The first-order valence-corrected chi connectivity index (χ1v) is 15.2. The fourth-order valence-corrected chi connectivity index (χ4v) is 4.33. The van der Waals surface area contributed by atoms with Gasteiger partial charge in [0, 0.05) is 0 Å². The van der Waals surface area contributed by atoms with Crippen molar-refractivity contribution in [2.24, 2.45) is 0 Å². The van der Waals surface area contributed by atoms with E-state index in [4.69, 9.17) is 4.18 Å². The summed E-state index contributed by atoms with van der Waals surface area (Å²) < 4.78 is 29.9. The molecule has 0 amide bonds. The summed E-state index contributed by atoms with van der Waals surface area (Å²) in [6, 6.07) is 0. The molecule has 0 spiro atoms. The van der Waals surface area contributed by atoms with Gasteiger partial charge in [-0.05, 0) is 120 Å². The summed E-state index contributed by atoms with van der Waals surface area (Å²) in [5.74, 6) is -0.0104. The van der Waals surface area contributed by atoms with Gasteiger partial charge in [0.15, 0.2) is 0 Å². The van der Waals surface area contributed by atoms with E-state index >= 15 is 0 Å². The van der Waals surface area contributed by atoms with E-state index in [-0.39, 0.29) is 5.75 Å². The van der Waals surface area contributed by atoms with E-state index < -0.39 is 16.2 Å². The fourth-order valence-electron chi connectivity index (χ4n) is 3.69. The Morgan fingerprint density at radius 2 is 1.00 bits per heavy atom. The minimum atomic E-state index is -3.51. The minimum Gasteiger partial charge on any atom is -0.262 e. The molecule has 0 saturated heterocycles. The molecule has 1 atom stereocenters. The SMILES string of the molecule is CCS(=O)(=O)OC(C=C(C)CCC=C(C)CCC=C(C)C)CC=C(C)CCC=C(C)CCC=C(C)C. The predicted octanol–water partition coefficient (Wildman–Crippen LogP) is 9.95. The molecule has 0 saturated carbocycles. The summed E-state index contributed by atoms with van der Waals surface area (Å²) in [6.07, 6.45) is 21.7. The lowest BCUT2D eigenvalue weighted by Gasteiger charge is -2.14. The summed E-state index contributed by atoms with van der Waals surface area (Å²) in [6.45, 7) is 18.7. The van der Waals surface area contributed by atoms with Crippen molar-refractivity contribution in [2.45, 2.75) is 126 Å². The molecule has 0 aliphatic heterocycles. The molecule has 0 heterocycles. The van der Waals surface area contributed by atoms with Crippen molar-refractivity contribution >= 4 is 10.1 Å². The molecule has 0 aromatic rings. The third kappa shape index (κ3) is 20.5. The molecule has 0 N–H and O–H groups in total. The van der Waals surface area contributed by atoms with E-state index in [1.165, 1.54) is 33.4 Å². The highest BCUT2D eigenvalue weighted by Crippen LogP contribution is 2.17. The van der Waals surface area contributed by atoms with Crippen LogP contribution in [0.15, 0.2) is 69.9 Å². The maximum absolute atomic E-state index is 12.2. The molecule has 0 aromatic carbocycles. The second-order valence-corrected chi connectivity index (χ2v) is 12.5. The molecule has 0 radical (unpaired) electrons. The third-order valence-corrected chi connectivity index (χ3v) is 7.29. The Hall–Kier alpha value is -1.65. The fraction of sp³-hybridized carbons (Fsp3) is 0.625. The van der Waals surface area contributed by atoms with Crippen LogP contribution in [0.25, 0.3) is 0 Å². The van der Waals surface area contributed by atoms with Crippen LogP contribution in [0.2, 0.25) is 0 Å². The zero-order valence-corrected chi connectivity index (χ0v) is 25.6. The number of hydrogen-bond acceptors (Lipinski definition) is 3. The van der Waals surface area contributed by atoms with Crippen LogP contribution in [-0.2, 0) is 14.3 Å². The second-order valence-electron chi connectivity index (χ2n) is 10.6. The second kappa shape index (κ2) is 19.5. The lowest BCUT2D eigenvalue weighted by molar-refractivity contribution is 0.258. The maximum atomic E-state index is 12.2. The van der Waals surface area contributed by atoms with E-state index in [9.17, 15) is 8.42 Å². The first-order valence-electron chi connectivity index (χ1n) is 13.7. The summed E-state index contributed by atoms with van der Waals surface area (Å²) in [5.41, 5.74) is 8.00. The van der Waals surface area contributed by atoms with Gasteiger partial charge < -0.3 is 0 Å². The van der Waals surface area contributed by atoms with Crippen LogP contribution >= 0.6 is 0 Å². The van der Waals surface area contributed by atoms with Crippen LogP contribution < -0.4 is 0 Å². The van der Waals surface area contributed by atoms with Crippen molar-refractivity contribution < 1.29 is 12.6 Å². The first kappa shape index (κ1) is 34.4. The molecule has 1 unspecified atom stereocenters. The molecule has 0 aliphatic carbocycles. The number of hydrogen-bond donors (Lipinski definition) is 0. The van der Waals surface area contributed by atoms with Crippen molar-refractivity contribution in [1.82, 2.24) is 0 Å². The van der Waals surface area contributed by atoms with Crippen molar-refractivity contribution in [3.63, 3.8) is 0 Å². The monoisotopic (exact) mass is 518 g/mol. The zero-order valence-electron chi connectivity index (χ0n) is 24.7. The number of rotatable bonds is 18. The smallest absolute Gasteiger partial charge is 0.262 e. The lowest BCUT2D eigenvalue weighted by atomic mass is 10.0. The Morgan fingerprint density at radius 1 is 0.611 bits per heavy atom. The molecule has 206 valence electrons. The third-order valence-electron chi connectivity index (χ3n) is 6.04. The van der Waals surface area contributed by atoms with Crippen LogP contribution in [-0.4, -0.2) is 20.3 Å². The highest BCUT2D eigenvalue weighted by atomic mass is 32.2. The first-order chi connectivity index (χ1) is 16.8. The van der Waals surface area contributed by atoms with Gasteiger partial charge in [0.2, 0.25) is 0 Å². The predicted molar refractivity (Wildman–Crippen MR) is 160 cm³/mol. The molecular formula is C32H54O3S. The Labute approximate surface area is 224 Å². The topological polar surface area (TPSA) is 43.4 Å². The van der Waals surface area contributed by atoms with Crippen molar-refractivity contribution in [2.75, 3.05) is 5.75 Å². The highest BCUT2D eigenvalue weighted by molar-refractivity contribution is 7.86. The molecule has 0 fully saturated rings. The van der Waals surface area contributed by atoms with E-state index in [1.807, 2.05) is 6.08 Å². The van der Waals surface area contributed by atoms with Gasteiger partial charge in [-0.1, -0.05) is 69.9 Å². The van der Waals surface area contributed by atoms with Crippen LogP contribution in [0.3, 0.4) is 0 Å². The van der Waals surface area contributed by atoms with E-state index in [1.54, 1.807) is 6.92 Å². The Kier molecular flexibility index (Phi) is 18.6. The van der Waals surface area contributed by atoms with Gasteiger partial charge in [-0.2, -0.15) is 8.42 Å². The Morgan fingerprint density at radius 3 is 1.42 bits per heavy atom.